The van der Waals surface area contributed by atoms with Crippen molar-refractivity contribution in [2.24, 2.45) is 0 Å². The molecule has 1 aromatic carbocycles. The third kappa shape index (κ3) is 3.32. The van der Waals surface area contributed by atoms with E-state index < -0.39 is 0 Å². The summed E-state index contributed by atoms with van der Waals surface area (Å²) in [5.41, 5.74) is 4.34. The van der Waals surface area contributed by atoms with Crippen LogP contribution in [-0.4, -0.2) is 49.2 Å². The quantitative estimate of drug-likeness (QED) is 0.460. The van der Waals surface area contributed by atoms with Gasteiger partial charge in [0.1, 0.15) is 11.8 Å². The van der Waals surface area contributed by atoms with Crippen LogP contribution in [0.1, 0.15) is 31.4 Å². The molecule has 1 aliphatic rings. The van der Waals surface area contributed by atoms with E-state index in [9.17, 15) is 5.11 Å². The predicted octanol–water partition coefficient (Wildman–Crippen LogP) is 3.69. The van der Waals surface area contributed by atoms with Crippen LogP contribution in [0, 0.1) is 0 Å². The summed E-state index contributed by atoms with van der Waals surface area (Å²) in [6, 6.07) is 5.80. The van der Waals surface area contributed by atoms with Crippen LogP contribution in [0.15, 0.2) is 37.1 Å². The molecule has 154 valence electrons. The van der Waals surface area contributed by atoms with Crippen molar-refractivity contribution in [3.05, 3.63) is 47.6 Å². The molecule has 1 saturated heterocycles. The third-order valence-corrected chi connectivity index (χ3v) is 5.98. The van der Waals surface area contributed by atoms with Crippen LogP contribution < -0.4 is 10.2 Å². The number of rotatable bonds is 4. The number of aromatic nitrogens is 5. The zero-order chi connectivity index (χ0) is 20.7. The van der Waals surface area contributed by atoms with E-state index >= 15 is 0 Å². The Morgan fingerprint density at radius 2 is 2.07 bits per heavy atom. The molecule has 1 aliphatic heterocycles. The molecule has 0 radical (unpaired) electrons. The number of aliphatic hydroxyl groups is 1. The van der Waals surface area contributed by atoms with E-state index in [1.54, 1.807) is 12.5 Å². The van der Waals surface area contributed by atoms with Gasteiger partial charge >= 0.3 is 0 Å². The van der Waals surface area contributed by atoms with E-state index in [4.69, 9.17) is 11.6 Å². The van der Waals surface area contributed by atoms with E-state index in [2.05, 4.69) is 42.1 Å². The number of halogens is 1. The molecular formula is C21H22ClN7O. The summed E-state index contributed by atoms with van der Waals surface area (Å²) < 4.78 is 0. The van der Waals surface area contributed by atoms with Crippen molar-refractivity contribution < 1.29 is 5.11 Å². The predicted molar refractivity (Wildman–Crippen MR) is 118 cm³/mol. The number of benzene rings is 1. The van der Waals surface area contributed by atoms with Gasteiger partial charge in [-0.15, -0.1) is 0 Å². The summed E-state index contributed by atoms with van der Waals surface area (Å²) in [6.07, 6.45) is 6.12. The molecule has 4 aromatic rings. The average molecular weight is 424 g/mol. The maximum absolute atomic E-state index is 9.99. The molecular weight excluding hydrogens is 402 g/mol. The highest BCUT2D eigenvalue weighted by atomic mass is 35.5. The minimum atomic E-state index is -0.249. The number of nitrogens with one attached hydrogen (secondary N) is 2. The number of aromatic amines is 1. The Morgan fingerprint density at radius 3 is 2.90 bits per heavy atom. The van der Waals surface area contributed by atoms with Crippen molar-refractivity contribution in [3.8, 4) is 0 Å². The fourth-order valence-electron chi connectivity index (χ4n) is 4.12. The van der Waals surface area contributed by atoms with E-state index in [1.807, 2.05) is 18.2 Å². The molecule has 0 bridgehead atoms. The number of H-pyrrole nitrogens is 1. The first kappa shape index (κ1) is 19.0. The minimum Gasteiger partial charge on any atom is -0.393 e. The zero-order valence-electron chi connectivity index (χ0n) is 16.5. The number of pyridine rings is 1. The smallest absolute Gasteiger partial charge is 0.182 e. The second kappa shape index (κ2) is 7.70. The molecule has 0 amide bonds. The summed E-state index contributed by atoms with van der Waals surface area (Å²) in [6.45, 7) is 3.62. The Bertz CT molecular complexity index is 1200. The third-order valence-electron chi connectivity index (χ3n) is 5.67. The number of aliphatic hydroxyl groups excluding tert-OH is 1. The Labute approximate surface area is 178 Å². The molecule has 0 spiro atoms. The molecule has 4 heterocycles. The van der Waals surface area contributed by atoms with Crippen LogP contribution in [0.25, 0.3) is 22.1 Å². The van der Waals surface area contributed by atoms with Crippen LogP contribution in [0.4, 0.5) is 11.5 Å². The van der Waals surface area contributed by atoms with Crippen molar-refractivity contribution in [2.75, 3.05) is 23.3 Å². The Morgan fingerprint density at radius 1 is 1.23 bits per heavy atom. The van der Waals surface area contributed by atoms with Crippen LogP contribution in [0.3, 0.4) is 0 Å². The molecule has 8 nitrogen and oxygen atoms in total. The molecule has 0 saturated carbocycles. The molecule has 3 N–H and O–H groups in total. The highest BCUT2D eigenvalue weighted by Crippen LogP contribution is 2.39. The van der Waals surface area contributed by atoms with Gasteiger partial charge < -0.3 is 20.3 Å². The summed E-state index contributed by atoms with van der Waals surface area (Å²) >= 11 is 6.65. The monoisotopic (exact) mass is 423 g/mol. The second-order valence-corrected chi connectivity index (χ2v) is 8.01. The van der Waals surface area contributed by atoms with Crippen molar-refractivity contribution in [1.29, 1.82) is 0 Å². The Kier molecular flexibility index (Phi) is 4.88. The molecule has 5 rings (SSSR count). The summed E-state index contributed by atoms with van der Waals surface area (Å²) in [7, 11) is 0. The van der Waals surface area contributed by atoms with Crippen LogP contribution in [0.2, 0.25) is 5.02 Å². The van der Waals surface area contributed by atoms with Crippen molar-refractivity contribution >= 4 is 45.2 Å². The molecule has 30 heavy (non-hydrogen) atoms. The largest absolute Gasteiger partial charge is 0.393 e. The van der Waals surface area contributed by atoms with Gasteiger partial charge in [-0.3, -0.25) is 4.98 Å². The van der Waals surface area contributed by atoms with Gasteiger partial charge in [0, 0.05) is 30.2 Å². The van der Waals surface area contributed by atoms with E-state index in [1.165, 1.54) is 6.33 Å². The second-order valence-electron chi connectivity index (χ2n) is 7.60. The number of anilines is 2. The lowest BCUT2D eigenvalue weighted by molar-refractivity contribution is 0.145. The van der Waals surface area contributed by atoms with Gasteiger partial charge in [-0.05, 0) is 38.0 Å². The number of piperidine rings is 1. The number of nitrogens with zero attached hydrogens (tertiary/aromatic N) is 5. The zero-order valence-corrected chi connectivity index (χ0v) is 17.3. The average Bonchev–Trinajstić information content (AvgIpc) is 3.24. The van der Waals surface area contributed by atoms with E-state index in [0.717, 1.165) is 53.6 Å². The molecule has 3 aromatic heterocycles. The van der Waals surface area contributed by atoms with Crippen molar-refractivity contribution in [2.45, 2.75) is 31.9 Å². The fraction of sp³-hybridized carbons (Fsp3) is 0.333. The van der Waals surface area contributed by atoms with Gasteiger partial charge in [-0.25, -0.2) is 15.0 Å². The Hall–Kier alpha value is -2.97. The lowest BCUT2D eigenvalue weighted by atomic mass is 9.98. The molecule has 1 fully saturated rings. The topological polar surface area (TPSA) is 103 Å². The van der Waals surface area contributed by atoms with Gasteiger partial charge in [0.2, 0.25) is 0 Å². The van der Waals surface area contributed by atoms with E-state index in [0.29, 0.717) is 16.5 Å². The van der Waals surface area contributed by atoms with Gasteiger partial charge in [-0.1, -0.05) is 11.6 Å². The lowest BCUT2D eigenvalue weighted by Gasteiger charge is -2.34. The van der Waals surface area contributed by atoms with Crippen molar-refractivity contribution in [1.82, 2.24) is 24.9 Å². The van der Waals surface area contributed by atoms with Gasteiger partial charge in [-0.2, -0.15) is 0 Å². The number of fused-ring (bicyclic) bond motifs is 2. The highest BCUT2D eigenvalue weighted by Gasteiger charge is 2.25. The maximum Gasteiger partial charge on any atom is 0.182 e. The number of imidazole rings is 1. The Balaban J connectivity index is 1.60. The molecule has 0 aliphatic carbocycles. The number of hydrogen-bond acceptors (Lipinski definition) is 7. The SMILES string of the molecule is CC(Nc1ncnc2nc[nH]c12)c1cc(Cl)c2cccnc2c1N1CCC(O)CC1. The van der Waals surface area contributed by atoms with Crippen LogP contribution in [0.5, 0.6) is 0 Å². The normalized spacial score (nSPS) is 16.3. The summed E-state index contributed by atoms with van der Waals surface area (Å²) in [5, 5.41) is 15.1. The first-order chi connectivity index (χ1) is 14.6. The van der Waals surface area contributed by atoms with Crippen LogP contribution >= 0.6 is 11.6 Å². The first-order valence-corrected chi connectivity index (χ1v) is 10.4. The van der Waals surface area contributed by atoms with Gasteiger partial charge in [0.05, 0.1) is 34.7 Å². The van der Waals surface area contributed by atoms with Gasteiger partial charge in [0.25, 0.3) is 0 Å². The molecule has 1 unspecified atom stereocenters. The summed E-state index contributed by atoms with van der Waals surface area (Å²) in [4.78, 5) is 22.8. The van der Waals surface area contributed by atoms with Crippen molar-refractivity contribution in [3.63, 3.8) is 0 Å². The van der Waals surface area contributed by atoms with Gasteiger partial charge in [0.15, 0.2) is 11.5 Å². The molecule has 9 heteroatoms. The molecule has 1 atom stereocenters. The fourth-order valence-corrected chi connectivity index (χ4v) is 4.39. The maximum atomic E-state index is 9.99. The van der Waals surface area contributed by atoms with E-state index in [-0.39, 0.29) is 12.1 Å². The minimum absolute atomic E-state index is 0.0999. The lowest BCUT2D eigenvalue weighted by Crippen LogP contribution is -2.37. The number of hydrogen-bond donors (Lipinski definition) is 3. The highest BCUT2D eigenvalue weighted by molar-refractivity contribution is 6.36. The standard InChI is InChI=1S/C21H22ClN7O/c1-12(28-21-18-20(25-10-24-18)26-11-27-21)15-9-16(22)14-3-2-6-23-17(14)19(15)29-7-4-13(30)5-8-29/h2-3,6,9-13,30H,4-5,7-8H2,1H3,(H2,24,25,26,27,28). The first-order valence-electron chi connectivity index (χ1n) is 10.0. The summed E-state index contributed by atoms with van der Waals surface area (Å²) in [5.74, 6) is 0.683. The van der Waals surface area contributed by atoms with Crippen LogP contribution in [-0.2, 0) is 0 Å².